The van der Waals surface area contributed by atoms with Gasteiger partial charge in [-0.15, -0.1) is 0 Å². The number of carbonyl (C=O) groups is 1. The first-order valence-electron chi connectivity index (χ1n) is 10.1. The zero-order valence-electron chi connectivity index (χ0n) is 16.7. The van der Waals surface area contributed by atoms with Crippen LogP contribution in [-0.4, -0.2) is 53.9 Å². The number of nitrogens with zero attached hydrogens (tertiary/aromatic N) is 4. The number of fused-ring (bicyclic) bond motifs is 1. The number of aromatic nitrogens is 3. The Morgan fingerprint density at radius 1 is 1.17 bits per heavy atom. The molecule has 0 saturated carbocycles. The van der Waals surface area contributed by atoms with E-state index in [-0.39, 0.29) is 5.91 Å². The molecular weight excluding hydrogens is 368 g/mol. The molecular formula is C22H26N4O3. The highest BCUT2D eigenvalue weighted by atomic mass is 16.5. The first-order valence-corrected chi connectivity index (χ1v) is 10.1. The second kappa shape index (κ2) is 9.05. The summed E-state index contributed by atoms with van der Waals surface area (Å²) in [6.07, 6.45) is 4.91. The SMILES string of the molecule is COc1nc2cc(N3CCOCC3)ncc2n1C(=O)CCCCc1ccccc1. The second-order valence-corrected chi connectivity index (χ2v) is 7.15. The number of morpholine rings is 1. The van der Waals surface area contributed by atoms with Crippen molar-refractivity contribution in [2.75, 3.05) is 38.3 Å². The van der Waals surface area contributed by atoms with Gasteiger partial charge >= 0.3 is 6.01 Å². The minimum absolute atomic E-state index is 0.0154. The molecule has 4 rings (SSSR count). The van der Waals surface area contributed by atoms with Crippen LogP contribution in [0.4, 0.5) is 5.82 Å². The Balaban J connectivity index is 1.46. The second-order valence-electron chi connectivity index (χ2n) is 7.15. The number of hydrogen-bond acceptors (Lipinski definition) is 6. The third-order valence-electron chi connectivity index (χ3n) is 5.21. The highest BCUT2D eigenvalue weighted by Gasteiger charge is 2.20. The number of ether oxygens (including phenoxy) is 2. The lowest BCUT2D eigenvalue weighted by atomic mass is 10.1. The predicted octanol–water partition coefficient (Wildman–Crippen LogP) is 3.33. The lowest BCUT2D eigenvalue weighted by Crippen LogP contribution is -2.36. The van der Waals surface area contributed by atoms with Gasteiger partial charge in [0.25, 0.3) is 0 Å². The van der Waals surface area contributed by atoms with Crippen molar-refractivity contribution < 1.29 is 14.3 Å². The molecule has 3 heterocycles. The van der Waals surface area contributed by atoms with Gasteiger partial charge in [-0.1, -0.05) is 30.3 Å². The molecule has 29 heavy (non-hydrogen) atoms. The average Bonchev–Trinajstić information content (AvgIpc) is 3.16. The lowest BCUT2D eigenvalue weighted by molar-refractivity contribution is 0.0893. The molecule has 7 nitrogen and oxygen atoms in total. The smallest absolute Gasteiger partial charge is 0.304 e. The van der Waals surface area contributed by atoms with E-state index in [0.717, 1.165) is 43.7 Å². The van der Waals surface area contributed by atoms with Crippen molar-refractivity contribution in [2.45, 2.75) is 25.7 Å². The maximum atomic E-state index is 12.9. The van der Waals surface area contributed by atoms with Gasteiger partial charge in [-0.25, -0.2) is 9.55 Å². The lowest BCUT2D eigenvalue weighted by Gasteiger charge is -2.27. The summed E-state index contributed by atoms with van der Waals surface area (Å²) in [4.78, 5) is 24.1. The summed E-state index contributed by atoms with van der Waals surface area (Å²) < 4.78 is 12.3. The summed E-state index contributed by atoms with van der Waals surface area (Å²) in [6, 6.07) is 12.6. The fourth-order valence-corrected chi connectivity index (χ4v) is 3.65. The summed E-state index contributed by atoms with van der Waals surface area (Å²) >= 11 is 0. The molecule has 0 N–H and O–H groups in total. The third kappa shape index (κ3) is 4.40. The Morgan fingerprint density at radius 2 is 1.97 bits per heavy atom. The van der Waals surface area contributed by atoms with Crippen LogP contribution in [0.5, 0.6) is 6.01 Å². The van der Waals surface area contributed by atoms with Crippen molar-refractivity contribution in [1.29, 1.82) is 0 Å². The molecule has 0 aliphatic carbocycles. The van der Waals surface area contributed by atoms with Crippen LogP contribution >= 0.6 is 0 Å². The van der Waals surface area contributed by atoms with Crippen molar-refractivity contribution in [1.82, 2.24) is 14.5 Å². The number of hydrogen-bond donors (Lipinski definition) is 0. The van der Waals surface area contributed by atoms with Gasteiger partial charge in [0.1, 0.15) is 5.82 Å². The molecule has 0 radical (unpaired) electrons. The molecule has 1 aliphatic heterocycles. The Bertz CT molecular complexity index is 965. The molecule has 1 aromatic carbocycles. The highest BCUT2D eigenvalue weighted by Crippen LogP contribution is 2.25. The molecule has 0 spiro atoms. The van der Waals surface area contributed by atoms with Crippen LogP contribution in [0.15, 0.2) is 42.6 Å². The quantitative estimate of drug-likeness (QED) is 0.573. The molecule has 2 aromatic heterocycles. The van der Waals surface area contributed by atoms with Gasteiger partial charge in [0.2, 0.25) is 5.91 Å². The van der Waals surface area contributed by atoms with E-state index >= 15 is 0 Å². The number of carbonyl (C=O) groups excluding carboxylic acids is 1. The number of anilines is 1. The van der Waals surface area contributed by atoms with Crippen LogP contribution in [0.25, 0.3) is 11.0 Å². The van der Waals surface area contributed by atoms with Gasteiger partial charge < -0.3 is 14.4 Å². The maximum absolute atomic E-state index is 12.9. The van der Waals surface area contributed by atoms with E-state index in [4.69, 9.17) is 9.47 Å². The Morgan fingerprint density at radius 3 is 2.72 bits per heavy atom. The number of rotatable bonds is 7. The standard InChI is InChI=1S/C22H26N4O3/c1-28-22-24-18-15-20(25-11-13-29-14-12-25)23-16-19(18)26(22)21(27)10-6-5-9-17-7-3-2-4-8-17/h2-4,7-8,15-16H,5-6,9-14H2,1H3. The van der Waals surface area contributed by atoms with Gasteiger partial charge in [0.05, 0.1) is 37.6 Å². The Kier molecular flexibility index (Phi) is 6.05. The van der Waals surface area contributed by atoms with Crippen molar-refractivity contribution in [3.05, 3.63) is 48.2 Å². The molecule has 3 aromatic rings. The van der Waals surface area contributed by atoms with E-state index in [1.165, 1.54) is 12.7 Å². The molecule has 7 heteroatoms. The van der Waals surface area contributed by atoms with Gasteiger partial charge in [-0.05, 0) is 24.8 Å². The van der Waals surface area contributed by atoms with Gasteiger partial charge in [0.15, 0.2) is 0 Å². The molecule has 152 valence electrons. The van der Waals surface area contributed by atoms with E-state index in [0.29, 0.717) is 31.2 Å². The van der Waals surface area contributed by atoms with Crippen molar-refractivity contribution in [3.63, 3.8) is 0 Å². The molecule has 1 saturated heterocycles. The van der Waals surface area contributed by atoms with Crippen LogP contribution in [0.2, 0.25) is 0 Å². The van der Waals surface area contributed by atoms with Crippen LogP contribution < -0.4 is 9.64 Å². The van der Waals surface area contributed by atoms with Crippen molar-refractivity contribution in [3.8, 4) is 6.01 Å². The maximum Gasteiger partial charge on any atom is 0.304 e. The first-order chi connectivity index (χ1) is 14.3. The monoisotopic (exact) mass is 394 g/mol. The van der Waals surface area contributed by atoms with Crippen molar-refractivity contribution in [2.24, 2.45) is 0 Å². The number of methoxy groups -OCH3 is 1. The topological polar surface area (TPSA) is 69.5 Å². The minimum Gasteiger partial charge on any atom is -0.468 e. The average molecular weight is 394 g/mol. The number of benzene rings is 1. The van der Waals surface area contributed by atoms with E-state index in [2.05, 4.69) is 27.0 Å². The third-order valence-corrected chi connectivity index (χ3v) is 5.21. The van der Waals surface area contributed by atoms with E-state index in [9.17, 15) is 4.79 Å². The minimum atomic E-state index is -0.0154. The fraction of sp³-hybridized carbons (Fsp3) is 0.409. The number of unbranched alkanes of at least 4 members (excludes halogenated alkanes) is 1. The Labute approximate surface area is 170 Å². The highest BCUT2D eigenvalue weighted by molar-refractivity contribution is 5.92. The summed E-state index contributed by atoms with van der Waals surface area (Å²) in [5, 5.41) is 0. The summed E-state index contributed by atoms with van der Waals surface area (Å²) in [6.45, 7) is 2.99. The number of pyridine rings is 1. The number of imidazole rings is 1. The van der Waals surface area contributed by atoms with Gasteiger partial charge in [-0.3, -0.25) is 4.79 Å². The predicted molar refractivity (Wildman–Crippen MR) is 112 cm³/mol. The van der Waals surface area contributed by atoms with Gasteiger partial charge in [0, 0.05) is 25.6 Å². The van der Waals surface area contributed by atoms with Crippen molar-refractivity contribution >= 4 is 22.8 Å². The molecule has 0 bridgehead atoms. The number of aryl methyl sites for hydroxylation is 1. The van der Waals surface area contributed by atoms with Gasteiger partial charge in [-0.2, -0.15) is 4.98 Å². The van der Waals surface area contributed by atoms with Crippen LogP contribution in [0.3, 0.4) is 0 Å². The first kappa shape index (κ1) is 19.4. The molecule has 1 aliphatic rings. The summed E-state index contributed by atoms with van der Waals surface area (Å²) in [5.74, 6) is 0.835. The Hall–Kier alpha value is -2.93. The fourth-order valence-electron chi connectivity index (χ4n) is 3.65. The molecule has 1 fully saturated rings. The molecule has 0 amide bonds. The van der Waals surface area contributed by atoms with Crippen LogP contribution in [-0.2, 0) is 11.2 Å². The summed E-state index contributed by atoms with van der Waals surface area (Å²) in [5.41, 5.74) is 2.70. The normalized spacial score (nSPS) is 14.3. The van der Waals surface area contributed by atoms with E-state index < -0.39 is 0 Å². The van der Waals surface area contributed by atoms with E-state index in [1.807, 2.05) is 24.3 Å². The van der Waals surface area contributed by atoms with Crippen LogP contribution in [0.1, 0.15) is 29.6 Å². The molecule has 0 unspecified atom stereocenters. The zero-order valence-corrected chi connectivity index (χ0v) is 16.7. The van der Waals surface area contributed by atoms with E-state index in [1.54, 1.807) is 10.8 Å². The zero-order chi connectivity index (χ0) is 20.1. The van der Waals surface area contributed by atoms with Crippen LogP contribution in [0, 0.1) is 0 Å². The largest absolute Gasteiger partial charge is 0.468 e. The summed E-state index contributed by atoms with van der Waals surface area (Å²) in [7, 11) is 1.54. The molecule has 0 atom stereocenters.